The number of rotatable bonds is 9. The number of guanidine groups is 1. The molecule has 1 unspecified atom stereocenters. The Hall–Kier alpha value is -0.820. The smallest absolute Gasteiger partial charge is 0.191 e. The predicted molar refractivity (Wildman–Crippen MR) is 102 cm³/mol. The highest BCUT2D eigenvalue weighted by molar-refractivity contribution is 7.90. The van der Waals surface area contributed by atoms with Crippen LogP contribution in [0.1, 0.15) is 47.0 Å². The molecule has 0 aromatic rings. The Bertz CT molecular complexity index is 503. The van der Waals surface area contributed by atoms with Crippen molar-refractivity contribution in [1.29, 1.82) is 0 Å². The average molecular weight is 361 g/mol. The zero-order valence-corrected chi connectivity index (χ0v) is 16.9. The van der Waals surface area contributed by atoms with E-state index in [0.717, 1.165) is 25.6 Å². The van der Waals surface area contributed by atoms with Crippen LogP contribution in [0.3, 0.4) is 0 Å². The molecule has 1 aliphatic rings. The molecule has 0 radical (unpaired) electrons. The fraction of sp³-hybridized carbons (Fsp3) is 0.941. The SMILES string of the molecule is CCNC(=NCC(C)(C)CCS(C)(=O)=O)NCC1CCCN1CC. The van der Waals surface area contributed by atoms with Gasteiger partial charge in [-0.2, -0.15) is 0 Å². The van der Waals surface area contributed by atoms with Crippen LogP contribution in [-0.2, 0) is 9.84 Å². The number of hydrogen-bond acceptors (Lipinski definition) is 4. The third kappa shape index (κ3) is 8.33. The summed E-state index contributed by atoms with van der Waals surface area (Å²) in [5, 5.41) is 6.74. The molecule has 1 saturated heterocycles. The van der Waals surface area contributed by atoms with Crippen molar-refractivity contribution in [1.82, 2.24) is 15.5 Å². The summed E-state index contributed by atoms with van der Waals surface area (Å²) in [4.78, 5) is 7.19. The molecule has 0 aliphatic carbocycles. The molecule has 1 fully saturated rings. The van der Waals surface area contributed by atoms with Gasteiger partial charge in [0.1, 0.15) is 9.84 Å². The second kappa shape index (κ2) is 9.61. The van der Waals surface area contributed by atoms with Gasteiger partial charge in [0.05, 0.1) is 5.75 Å². The van der Waals surface area contributed by atoms with Gasteiger partial charge in [-0.05, 0) is 44.7 Å². The van der Waals surface area contributed by atoms with E-state index in [9.17, 15) is 8.42 Å². The number of hydrogen-bond donors (Lipinski definition) is 2. The number of sulfone groups is 1. The summed E-state index contributed by atoms with van der Waals surface area (Å²) in [6, 6.07) is 0.581. The van der Waals surface area contributed by atoms with Crippen molar-refractivity contribution in [3.8, 4) is 0 Å². The Morgan fingerprint density at radius 2 is 2.00 bits per heavy atom. The molecule has 2 N–H and O–H groups in total. The summed E-state index contributed by atoms with van der Waals surface area (Å²) >= 11 is 0. The molecule has 1 atom stereocenters. The van der Waals surface area contributed by atoms with Crippen molar-refractivity contribution in [2.24, 2.45) is 10.4 Å². The number of likely N-dealkylation sites (N-methyl/N-ethyl adjacent to an activating group) is 1. The fourth-order valence-corrected chi connectivity index (χ4v) is 3.86. The van der Waals surface area contributed by atoms with Crippen molar-refractivity contribution in [2.45, 2.75) is 53.0 Å². The minimum absolute atomic E-state index is 0.131. The predicted octanol–water partition coefficient (Wildman–Crippen LogP) is 1.49. The molecule has 0 aromatic heterocycles. The van der Waals surface area contributed by atoms with Crippen LogP contribution in [0.25, 0.3) is 0 Å². The summed E-state index contributed by atoms with van der Waals surface area (Å²) in [6.07, 6.45) is 4.42. The zero-order valence-electron chi connectivity index (χ0n) is 16.1. The molecule has 0 spiro atoms. The highest BCUT2D eigenvalue weighted by Gasteiger charge is 2.23. The van der Waals surface area contributed by atoms with E-state index in [0.29, 0.717) is 19.0 Å². The number of likely N-dealkylation sites (tertiary alicyclic amines) is 1. The molecular weight excluding hydrogens is 324 g/mol. The molecule has 7 heteroatoms. The lowest BCUT2D eigenvalue weighted by Crippen LogP contribution is -2.45. The molecule has 142 valence electrons. The maximum absolute atomic E-state index is 11.4. The van der Waals surface area contributed by atoms with E-state index in [2.05, 4.69) is 48.2 Å². The summed E-state index contributed by atoms with van der Waals surface area (Å²) in [5.41, 5.74) is -0.131. The van der Waals surface area contributed by atoms with Crippen molar-refractivity contribution in [3.63, 3.8) is 0 Å². The lowest BCUT2D eigenvalue weighted by atomic mass is 9.90. The van der Waals surface area contributed by atoms with Crippen LogP contribution in [0.15, 0.2) is 4.99 Å². The van der Waals surface area contributed by atoms with Crippen LogP contribution in [-0.4, -0.2) is 70.1 Å². The first-order chi connectivity index (χ1) is 11.2. The molecular formula is C17H36N4O2S. The van der Waals surface area contributed by atoms with Crippen LogP contribution < -0.4 is 10.6 Å². The standard InChI is InChI=1S/C17H36N4O2S/c1-6-18-16(19-13-15-9-8-11-21(15)7-2)20-14-17(3,4)10-12-24(5,22)23/h15H,6-14H2,1-5H3,(H2,18,19,20). The number of nitrogens with one attached hydrogen (secondary N) is 2. The second-order valence-corrected chi connectivity index (χ2v) is 9.80. The van der Waals surface area contributed by atoms with Crippen LogP contribution in [0.5, 0.6) is 0 Å². The van der Waals surface area contributed by atoms with E-state index in [-0.39, 0.29) is 11.2 Å². The molecule has 0 amide bonds. The first-order valence-electron chi connectivity index (χ1n) is 9.11. The maximum atomic E-state index is 11.4. The normalized spacial score (nSPS) is 20.4. The Balaban J connectivity index is 2.54. The van der Waals surface area contributed by atoms with Gasteiger partial charge >= 0.3 is 0 Å². The highest BCUT2D eigenvalue weighted by atomic mass is 32.2. The quantitative estimate of drug-likeness (QED) is 0.481. The van der Waals surface area contributed by atoms with Crippen LogP contribution in [0.4, 0.5) is 0 Å². The van der Waals surface area contributed by atoms with Crippen LogP contribution in [0, 0.1) is 5.41 Å². The summed E-state index contributed by atoms with van der Waals surface area (Å²) in [5.74, 6) is 1.04. The van der Waals surface area contributed by atoms with Crippen LogP contribution in [0.2, 0.25) is 0 Å². The van der Waals surface area contributed by atoms with Gasteiger partial charge in [-0.3, -0.25) is 9.89 Å². The number of nitrogens with zero attached hydrogens (tertiary/aromatic N) is 2. The third-order valence-corrected chi connectivity index (χ3v) is 5.52. The van der Waals surface area contributed by atoms with Crippen molar-refractivity contribution >= 4 is 15.8 Å². The first kappa shape index (κ1) is 21.2. The first-order valence-corrected chi connectivity index (χ1v) is 11.2. The van der Waals surface area contributed by atoms with Crippen molar-refractivity contribution < 1.29 is 8.42 Å². The summed E-state index contributed by atoms with van der Waals surface area (Å²) < 4.78 is 22.7. The summed E-state index contributed by atoms with van der Waals surface area (Å²) in [6.45, 7) is 13.0. The fourth-order valence-electron chi connectivity index (χ4n) is 2.93. The van der Waals surface area contributed by atoms with Gasteiger partial charge in [-0.1, -0.05) is 20.8 Å². The molecule has 0 saturated carbocycles. The zero-order chi connectivity index (χ0) is 18.2. The lowest BCUT2D eigenvalue weighted by molar-refractivity contribution is 0.267. The summed E-state index contributed by atoms with van der Waals surface area (Å²) in [7, 11) is -2.92. The lowest BCUT2D eigenvalue weighted by Gasteiger charge is -2.25. The minimum atomic E-state index is -2.92. The second-order valence-electron chi connectivity index (χ2n) is 7.54. The van der Waals surface area contributed by atoms with Crippen LogP contribution >= 0.6 is 0 Å². The van der Waals surface area contributed by atoms with Crippen molar-refractivity contribution in [2.75, 3.05) is 44.7 Å². The molecule has 0 bridgehead atoms. The molecule has 1 aliphatic heterocycles. The Kier molecular flexibility index (Phi) is 8.50. The minimum Gasteiger partial charge on any atom is -0.357 e. The van der Waals surface area contributed by atoms with E-state index in [1.807, 2.05) is 0 Å². The average Bonchev–Trinajstić information content (AvgIpc) is 2.95. The largest absolute Gasteiger partial charge is 0.357 e. The van der Waals surface area contributed by atoms with Gasteiger partial charge in [0.25, 0.3) is 0 Å². The maximum Gasteiger partial charge on any atom is 0.191 e. The van der Waals surface area contributed by atoms with Gasteiger partial charge < -0.3 is 10.6 Å². The Morgan fingerprint density at radius 1 is 1.29 bits per heavy atom. The van der Waals surface area contributed by atoms with E-state index < -0.39 is 9.84 Å². The van der Waals surface area contributed by atoms with Gasteiger partial charge in [0.2, 0.25) is 0 Å². The van der Waals surface area contributed by atoms with E-state index in [1.54, 1.807) is 0 Å². The van der Waals surface area contributed by atoms with Crippen molar-refractivity contribution in [3.05, 3.63) is 0 Å². The molecule has 24 heavy (non-hydrogen) atoms. The van der Waals surface area contributed by atoms with Gasteiger partial charge in [-0.25, -0.2) is 8.42 Å². The van der Waals surface area contributed by atoms with E-state index in [4.69, 9.17) is 0 Å². The molecule has 1 heterocycles. The van der Waals surface area contributed by atoms with E-state index in [1.165, 1.54) is 25.6 Å². The topological polar surface area (TPSA) is 73.8 Å². The Labute approximate surface area is 148 Å². The number of aliphatic imine (C=N–C) groups is 1. The third-order valence-electron chi connectivity index (χ3n) is 4.57. The van der Waals surface area contributed by atoms with E-state index >= 15 is 0 Å². The van der Waals surface area contributed by atoms with Gasteiger partial charge in [0.15, 0.2) is 5.96 Å². The Morgan fingerprint density at radius 3 is 2.58 bits per heavy atom. The molecule has 1 rings (SSSR count). The highest BCUT2D eigenvalue weighted by Crippen LogP contribution is 2.21. The van der Waals surface area contributed by atoms with Gasteiger partial charge in [-0.15, -0.1) is 0 Å². The molecule has 6 nitrogen and oxygen atoms in total. The van der Waals surface area contributed by atoms with Gasteiger partial charge in [0, 0.05) is 31.9 Å². The molecule has 0 aromatic carbocycles. The monoisotopic (exact) mass is 360 g/mol.